The van der Waals surface area contributed by atoms with Crippen molar-refractivity contribution in [3.8, 4) is 0 Å². The Balaban J connectivity index is 4.03. The number of carbonyl (C=O) groups excluding carboxylic acids is 1. The van der Waals surface area contributed by atoms with Crippen LogP contribution in [0.1, 0.15) is 34.1 Å². The van der Waals surface area contributed by atoms with E-state index in [2.05, 4.69) is 0 Å². The van der Waals surface area contributed by atoms with E-state index in [1.165, 1.54) is 4.90 Å². The van der Waals surface area contributed by atoms with E-state index >= 15 is 0 Å². The summed E-state index contributed by atoms with van der Waals surface area (Å²) in [7, 11) is 0. The van der Waals surface area contributed by atoms with Crippen molar-refractivity contribution in [1.29, 1.82) is 0 Å². The standard InChI is InChI=1S/C11H20F3NO2/c1-5-15(8-11(12,13)14)7-6-9(16)17-10(2,3)4/h5-8H2,1-4H3. The second-order valence-corrected chi connectivity index (χ2v) is 4.82. The van der Waals surface area contributed by atoms with Crippen LogP contribution >= 0.6 is 0 Å². The van der Waals surface area contributed by atoms with Gasteiger partial charge in [0.1, 0.15) is 5.60 Å². The van der Waals surface area contributed by atoms with Gasteiger partial charge in [0.05, 0.1) is 13.0 Å². The first kappa shape index (κ1) is 16.2. The zero-order valence-electron chi connectivity index (χ0n) is 10.7. The highest BCUT2D eigenvalue weighted by Gasteiger charge is 2.30. The lowest BCUT2D eigenvalue weighted by Crippen LogP contribution is -2.36. The molecule has 0 aliphatic rings. The Morgan fingerprint density at radius 1 is 1.24 bits per heavy atom. The highest BCUT2D eigenvalue weighted by atomic mass is 19.4. The number of nitrogens with zero attached hydrogens (tertiary/aromatic N) is 1. The molecule has 0 aliphatic carbocycles. The van der Waals surface area contributed by atoms with Crippen LogP contribution < -0.4 is 0 Å². The molecule has 0 spiro atoms. The number of rotatable bonds is 5. The van der Waals surface area contributed by atoms with Crippen LogP contribution in [0, 0.1) is 0 Å². The molecule has 0 unspecified atom stereocenters. The van der Waals surface area contributed by atoms with E-state index in [-0.39, 0.29) is 19.5 Å². The van der Waals surface area contributed by atoms with Gasteiger partial charge in [0, 0.05) is 6.54 Å². The summed E-state index contributed by atoms with van der Waals surface area (Å²) in [5.74, 6) is -0.474. The molecular weight excluding hydrogens is 235 g/mol. The second kappa shape index (κ2) is 6.23. The molecular formula is C11H20F3NO2. The quantitative estimate of drug-likeness (QED) is 0.707. The Morgan fingerprint density at radius 3 is 2.12 bits per heavy atom. The van der Waals surface area contributed by atoms with Crippen LogP contribution in [0.15, 0.2) is 0 Å². The highest BCUT2D eigenvalue weighted by molar-refractivity contribution is 5.70. The van der Waals surface area contributed by atoms with E-state index in [1.807, 2.05) is 0 Å². The molecule has 0 aromatic rings. The zero-order chi connectivity index (χ0) is 13.7. The summed E-state index contributed by atoms with van der Waals surface area (Å²) >= 11 is 0. The maximum Gasteiger partial charge on any atom is 0.401 e. The van der Waals surface area contributed by atoms with Crippen LogP contribution in [0.5, 0.6) is 0 Å². The summed E-state index contributed by atoms with van der Waals surface area (Å²) in [6.07, 6.45) is -4.26. The van der Waals surface area contributed by atoms with Gasteiger partial charge in [0.15, 0.2) is 0 Å². The smallest absolute Gasteiger partial charge is 0.401 e. The lowest BCUT2D eigenvalue weighted by Gasteiger charge is -2.23. The molecule has 0 atom stereocenters. The fraction of sp³-hybridized carbons (Fsp3) is 0.909. The summed E-state index contributed by atoms with van der Waals surface area (Å²) < 4.78 is 41.4. The average molecular weight is 255 g/mol. The van der Waals surface area contributed by atoms with Gasteiger partial charge >= 0.3 is 12.1 Å². The normalized spacial score (nSPS) is 12.9. The molecule has 0 bridgehead atoms. The van der Waals surface area contributed by atoms with E-state index in [0.29, 0.717) is 0 Å². The second-order valence-electron chi connectivity index (χ2n) is 4.82. The molecule has 17 heavy (non-hydrogen) atoms. The van der Waals surface area contributed by atoms with Crippen molar-refractivity contribution in [2.24, 2.45) is 0 Å². The first-order valence-electron chi connectivity index (χ1n) is 5.54. The fourth-order valence-electron chi connectivity index (χ4n) is 1.24. The molecule has 0 aromatic heterocycles. The molecule has 0 saturated carbocycles. The lowest BCUT2D eigenvalue weighted by atomic mass is 10.2. The number of hydrogen-bond donors (Lipinski definition) is 0. The number of hydrogen-bond acceptors (Lipinski definition) is 3. The van der Waals surface area contributed by atoms with Crippen LogP contribution in [-0.4, -0.2) is 42.3 Å². The van der Waals surface area contributed by atoms with Crippen LogP contribution in [0.2, 0.25) is 0 Å². The topological polar surface area (TPSA) is 29.5 Å². The van der Waals surface area contributed by atoms with E-state index in [1.54, 1.807) is 27.7 Å². The van der Waals surface area contributed by atoms with Gasteiger partial charge in [-0.1, -0.05) is 6.92 Å². The van der Waals surface area contributed by atoms with Crippen LogP contribution in [-0.2, 0) is 9.53 Å². The average Bonchev–Trinajstić information content (AvgIpc) is 2.07. The third-order valence-corrected chi connectivity index (χ3v) is 1.90. The van der Waals surface area contributed by atoms with Gasteiger partial charge < -0.3 is 4.74 Å². The Hall–Kier alpha value is -0.780. The highest BCUT2D eigenvalue weighted by Crippen LogP contribution is 2.16. The molecule has 6 heteroatoms. The monoisotopic (exact) mass is 255 g/mol. The van der Waals surface area contributed by atoms with Crippen molar-refractivity contribution < 1.29 is 22.7 Å². The summed E-state index contributed by atoms with van der Waals surface area (Å²) in [6, 6.07) is 0. The molecule has 0 heterocycles. The van der Waals surface area contributed by atoms with Gasteiger partial charge in [-0.2, -0.15) is 13.2 Å². The molecule has 0 aliphatic heterocycles. The minimum atomic E-state index is -4.23. The molecule has 0 aromatic carbocycles. The van der Waals surface area contributed by atoms with Gasteiger partial charge in [0.25, 0.3) is 0 Å². The van der Waals surface area contributed by atoms with Crippen LogP contribution in [0.3, 0.4) is 0 Å². The first-order chi connectivity index (χ1) is 7.53. The predicted octanol–water partition coefficient (Wildman–Crippen LogP) is 2.60. The molecule has 0 radical (unpaired) electrons. The number of carbonyl (C=O) groups is 1. The lowest BCUT2D eigenvalue weighted by molar-refractivity contribution is -0.159. The summed E-state index contributed by atoms with van der Waals surface area (Å²) in [6.45, 7) is 6.11. The summed E-state index contributed by atoms with van der Waals surface area (Å²) in [4.78, 5) is 12.5. The Labute approximate surface area is 99.9 Å². The molecule has 0 N–H and O–H groups in total. The van der Waals surface area contributed by atoms with Crippen molar-refractivity contribution in [3.63, 3.8) is 0 Å². The van der Waals surface area contributed by atoms with Crippen LogP contribution in [0.4, 0.5) is 13.2 Å². The Bertz CT molecular complexity index is 246. The first-order valence-corrected chi connectivity index (χ1v) is 5.54. The largest absolute Gasteiger partial charge is 0.460 e. The van der Waals surface area contributed by atoms with Gasteiger partial charge in [-0.25, -0.2) is 0 Å². The third-order valence-electron chi connectivity index (χ3n) is 1.90. The minimum absolute atomic E-state index is 0.0266. The van der Waals surface area contributed by atoms with E-state index < -0.39 is 24.3 Å². The predicted molar refractivity (Wildman–Crippen MR) is 58.6 cm³/mol. The number of ether oxygens (including phenoxy) is 1. The molecule has 0 amide bonds. The maximum absolute atomic E-state index is 12.1. The number of halogens is 3. The van der Waals surface area contributed by atoms with E-state index in [0.717, 1.165) is 0 Å². The molecule has 0 rings (SSSR count). The SMILES string of the molecule is CCN(CCC(=O)OC(C)(C)C)CC(F)(F)F. The Morgan fingerprint density at radius 2 is 1.76 bits per heavy atom. The summed E-state index contributed by atoms with van der Waals surface area (Å²) in [5, 5.41) is 0. The van der Waals surface area contributed by atoms with Gasteiger partial charge in [-0.05, 0) is 27.3 Å². The number of esters is 1. The Kier molecular flexibility index (Phi) is 5.95. The molecule has 0 saturated heterocycles. The third kappa shape index (κ3) is 10.1. The molecule has 3 nitrogen and oxygen atoms in total. The van der Waals surface area contributed by atoms with Crippen molar-refractivity contribution in [2.45, 2.75) is 45.9 Å². The van der Waals surface area contributed by atoms with Crippen molar-refractivity contribution >= 4 is 5.97 Å². The van der Waals surface area contributed by atoms with Crippen molar-refractivity contribution in [1.82, 2.24) is 4.90 Å². The van der Waals surface area contributed by atoms with E-state index in [4.69, 9.17) is 4.74 Å². The molecule has 102 valence electrons. The van der Waals surface area contributed by atoms with Gasteiger partial charge in [-0.3, -0.25) is 9.69 Å². The van der Waals surface area contributed by atoms with Crippen molar-refractivity contribution in [2.75, 3.05) is 19.6 Å². The minimum Gasteiger partial charge on any atom is -0.460 e. The van der Waals surface area contributed by atoms with Gasteiger partial charge in [0.2, 0.25) is 0 Å². The van der Waals surface area contributed by atoms with Gasteiger partial charge in [-0.15, -0.1) is 0 Å². The maximum atomic E-state index is 12.1. The molecule has 0 fully saturated rings. The number of alkyl halides is 3. The van der Waals surface area contributed by atoms with E-state index in [9.17, 15) is 18.0 Å². The van der Waals surface area contributed by atoms with Crippen molar-refractivity contribution in [3.05, 3.63) is 0 Å². The van der Waals surface area contributed by atoms with Crippen LogP contribution in [0.25, 0.3) is 0 Å². The zero-order valence-corrected chi connectivity index (χ0v) is 10.7. The fourth-order valence-corrected chi connectivity index (χ4v) is 1.24. The summed E-state index contributed by atoms with van der Waals surface area (Å²) in [5.41, 5.74) is -0.599.